The molecule has 2 rings (SSSR count). The van der Waals surface area contributed by atoms with Crippen LogP contribution in [-0.4, -0.2) is 53.6 Å². The zero-order valence-electron chi connectivity index (χ0n) is 11.3. The molecule has 1 saturated carbocycles. The van der Waals surface area contributed by atoms with E-state index in [9.17, 15) is 8.42 Å². The summed E-state index contributed by atoms with van der Waals surface area (Å²) in [5.41, 5.74) is 0. The summed E-state index contributed by atoms with van der Waals surface area (Å²) in [5.74, 6) is 1.76. The highest BCUT2D eigenvalue weighted by molar-refractivity contribution is 8.01. The Hall–Kier alpha value is -0.0100. The average Bonchev–Trinajstić information content (AvgIpc) is 2.91. The zero-order chi connectivity index (χ0) is 13.9. The number of nitrogens with one attached hydrogen (secondary N) is 1. The Morgan fingerprint density at radius 2 is 2.11 bits per heavy atom. The van der Waals surface area contributed by atoms with Crippen LogP contribution in [0, 0.1) is 0 Å². The molecule has 0 aromatic carbocycles. The standard InChI is InChI=1S/C12H22N2O2S3/c1-2-19(15,16)11-9-18-8-7-14(11)12(17)13-10-5-3-4-6-10/h10-11H,2-9H2,1H3,(H,13,17). The molecule has 0 amide bonds. The van der Waals surface area contributed by atoms with Gasteiger partial charge in [0, 0.05) is 29.8 Å². The first-order valence-electron chi connectivity index (χ1n) is 6.91. The maximum Gasteiger partial charge on any atom is 0.171 e. The van der Waals surface area contributed by atoms with Gasteiger partial charge in [0.05, 0.1) is 0 Å². The van der Waals surface area contributed by atoms with Gasteiger partial charge in [-0.15, -0.1) is 0 Å². The third-order valence-corrected chi connectivity index (χ3v) is 7.49. The molecule has 4 nitrogen and oxygen atoms in total. The summed E-state index contributed by atoms with van der Waals surface area (Å²) < 4.78 is 24.3. The predicted octanol–water partition coefficient (Wildman–Crippen LogP) is 1.61. The normalized spacial score (nSPS) is 25.5. The monoisotopic (exact) mass is 322 g/mol. The molecule has 0 aromatic heterocycles. The Morgan fingerprint density at radius 1 is 1.42 bits per heavy atom. The van der Waals surface area contributed by atoms with Crippen molar-refractivity contribution in [3.63, 3.8) is 0 Å². The van der Waals surface area contributed by atoms with Crippen LogP contribution in [0.3, 0.4) is 0 Å². The van der Waals surface area contributed by atoms with Gasteiger partial charge in [-0.3, -0.25) is 0 Å². The number of nitrogens with zero attached hydrogens (tertiary/aromatic N) is 1. The van der Waals surface area contributed by atoms with Gasteiger partial charge in [0.15, 0.2) is 14.9 Å². The van der Waals surface area contributed by atoms with Crippen LogP contribution >= 0.6 is 24.0 Å². The van der Waals surface area contributed by atoms with Gasteiger partial charge in [-0.05, 0) is 25.1 Å². The minimum absolute atomic E-state index is 0.181. The molecule has 0 bridgehead atoms. The van der Waals surface area contributed by atoms with E-state index in [1.165, 1.54) is 12.8 Å². The van der Waals surface area contributed by atoms with E-state index in [-0.39, 0.29) is 5.75 Å². The zero-order valence-corrected chi connectivity index (χ0v) is 13.7. The molecule has 0 aromatic rings. The first-order valence-corrected chi connectivity index (χ1v) is 10.2. The van der Waals surface area contributed by atoms with Gasteiger partial charge in [-0.1, -0.05) is 19.8 Å². The van der Waals surface area contributed by atoms with Crippen molar-refractivity contribution in [3.8, 4) is 0 Å². The summed E-state index contributed by atoms with van der Waals surface area (Å²) in [6.07, 6.45) is 4.78. The van der Waals surface area contributed by atoms with Crippen molar-refractivity contribution in [2.24, 2.45) is 0 Å². The predicted molar refractivity (Wildman–Crippen MR) is 85.3 cm³/mol. The van der Waals surface area contributed by atoms with Crippen molar-refractivity contribution in [1.82, 2.24) is 10.2 Å². The smallest absolute Gasteiger partial charge is 0.171 e. The third kappa shape index (κ3) is 3.76. The number of hydrogen-bond acceptors (Lipinski definition) is 4. The van der Waals surface area contributed by atoms with Gasteiger partial charge in [0.25, 0.3) is 0 Å². The molecule has 1 saturated heterocycles. The molecule has 110 valence electrons. The molecule has 0 radical (unpaired) electrons. The Balaban J connectivity index is 2.04. The fraction of sp³-hybridized carbons (Fsp3) is 0.917. The first kappa shape index (κ1) is 15.4. The minimum Gasteiger partial charge on any atom is -0.360 e. The van der Waals surface area contributed by atoms with Crippen molar-refractivity contribution in [2.75, 3.05) is 23.8 Å². The Kier molecular flexibility index (Phi) is 5.37. The SMILES string of the molecule is CCS(=O)(=O)C1CSCCN1C(=S)NC1CCCC1. The van der Waals surface area contributed by atoms with E-state index < -0.39 is 15.2 Å². The van der Waals surface area contributed by atoms with Crippen LogP contribution in [0.1, 0.15) is 32.6 Å². The molecule has 1 unspecified atom stereocenters. The molecule has 19 heavy (non-hydrogen) atoms. The van der Waals surface area contributed by atoms with E-state index in [0.29, 0.717) is 16.9 Å². The number of hydrogen-bond donors (Lipinski definition) is 1. The summed E-state index contributed by atoms with van der Waals surface area (Å²) in [6.45, 7) is 2.44. The van der Waals surface area contributed by atoms with Gasteiger partial charge in [0.1, 0.15) is 5.37 Å². The molecular weight excluding hydrogens is 300 g/mol. The Morgan fingerprint density at radius 3 is 2.74 bits per heavy atom. The lowest BCUT2D eigenvalue weighted by Crippen LogP contribution is -2.55. The topological polar surface area (TPSA) is 49.4 Å². The second-order valence-electron chi connectivity index (χ2n) is 5.11. The van der Waals surface area contributed by atoms with Gasteiger partial charge in [-0.25, -0.2) is 8.42 Å². The molecule has 1 aliphatic heterocycles. The highest BCUT2D eigenvalue weighted by Crippen LogP contribution is 2.23. The first-order chi connectivity index (χ1) is 9.04. The fourth-order valence-electron chi connectivity index (χ4n) is 2.63. The number of sulfone groups is 1. The van der Waals surface area contributed by atoms with Gasteiger partial charge in [0.2, 0.25) is 0 Å². The van der Waals surface area contributed by atoms with E-state index in [2.05, 4.69) is 5.32 Å². The number of thiocarbonyl (C=S) groups is 1. The van der Waals surface area contributed by atoms with E-state index in [4.69, 9.17) is 12.2 Å². The van der Waals surface area contributed by atoms with Crippen LogP contribution in [0.25, 0.3) is 0 Å². The average molecular weight is 323 g/mol. The van der Waals surface area contributed by atoms with Crippen molar-refractivity contribution in [3.05, 3.63) is 0 Å². The molecule has 1 N–H and O–H groups in total. The summed E-state index contributed by atoms with van der Waals surface area (Å²) in [6, 6.07) is 0.437. The lowest BCUT2D eigenvalue weighted by Gasteiger charge is -2.37. The Labute approximate surface area is 125 Å². The molecule has 0 spiro atoms. The maximum absolute atomic E-state index is 12.2. The minimum atomic E-state index is -3.07. The molecule has 1 aliphatic carbocycles. The third-order valence-electron chi connectivity index (χ3n) is 3.85. The van der Waals surface area contributed by atoms with Gasteiger partial charge < -0.3 is 10.2 Å². The van der Waals surface area contributed by atoms with Crippen molar-refractivity contribution >= 4 is 38.9 Å². The van der Waals surface area contributed by atoms with Crippen LogP contribution in [0.4, 0.5) is 0 Å². The largest absolute Gasteiger partial charge is 0.360 e. The molecule has 1 atom stereocenters. The van der Waals surface area contributed by atoms with Gasteiger partial charge in [-0.2, -0.15) is 11.8 Å². The molecule has 7 heteroatoms. The molecule has 1 heterocycles. The summed E-state index contributed by atoms with van der Waals surface area (Å²) in [7, 11) is -3.07. The van der Waals surface area contributed by atoms with Crippen molar-refractivity contribution < 1.29 is 8.42 Å². The molecular formula is C12H22N2O2S3. The van der Waals surface area contributed by atoms with Crippen molar-refractivity contribution in [1.29, 1.82) is 0 Å². The van der Waals surface area contributed by atoms with E-state index >= 15 is 0 Å². The molecule has 2 fully saturated rings. The highest BCUT2D eigenvalue weighted by atomic mass is 32.2. The fourth-order valence-corrected chi connectivity index (χ4v) is 6.06. The van der Waals surface area contributed by atoms with Crippen LogP contribution < -0.4 is 5.32 Å². The highest BCUT2D eigenvalue weighted by Gasteiger charge is 2.34. The van der Waals surface area contributed by atoms with Crippen LogP contribution in [0.2, 0.25) is 0 Å². The maximum atomic E-state index is 12.2. The Bertz CT molecular complexity index is 419. The van der Waals surface area contributed by atoms with E-state index in [0.717, 1.165) is 25.1 Å². The van der Waals surface area contributed by atoms with Crippen LogP contribution in [0.5, 0.6) is 0 Å². The quantitative estimate of drug-likeness (QED) is 0.797. The molecule has 2 aliphatic rings. The summed E-state index contributed by atoms with van der Waals surface area (Å²) >= 11 is 7.15. The van der Waals surface area contributed by atoms with E-state index in [1.807, 2.05) is 4.90 Å². The number of rotatable bonds is 3. The number of thioether (sulfide) groups is 1. The second kappa shape index (κ2) is 6.63. The summed E-state index contributed by atoms with van der Waals surface area (Å²) in [5, 5.41) is 3.55. The lowest BCUT2D eigenvalue weighted by molar-refractivity contribution is 0.395. The van der Waals surface area contributed by atoms with Crippen LogP contribution in [0.15, 0.2) is 0 Å². The lowest BCUT2D eigenvalue weighted by atomic mass is 10.2. The van der Waals surface area contributed by atoms with Crippen LogP contribution in [-0.2, 0) is 9.84 Å². The van der Waals surface area contributed by atoms with Gasteiger partial charge >= 0.3 is 0 Å². The van der Waals surface area contributed by atoms with Crippen molar-refractivity contribution in [2.45, 2.75) is 44.0 Å². The second-order valence-corrected chi connectivity index (χ2v) is 9.09. The summed E-state index contributed by atoms with van der Waals surface area (Å²) in [4.78, 5) is 1.89. The van der Waals surface area contributed by atoms with E-state index in [1.54, 1.807) is 18.7 Å².